The Labute approximate surface area is 318 Å². The molecule has 0 bridgehead atoms. The maximum atomic E-state index is 5.33. The van der Waals surface area contributed by atoms with Gasteiger partial charge in [-0.2, -0.15) is 0 Å². The molecule has 8 aromatic carbocycles. The van der Waals surface area contributed by atoms with E-state index in [0.717, 1.165) is 21.7 Å². The standard InChI is InChI=1S/C49H29NS3/c1-2-10-34(11-3-1)49-50-45-35(30-20-22-31(23-21-30)36-14-8-16-41-39-12-4-6-18-43(39)51-46(36)41)28-29-38(48(45)53-49)33-26-24-32(25-27-33)37-15-9-17-42-40-13-5-7-19-44(40)52-47(37)42/h1-29H. The summed E-state index contributed by atoms with van der Waals surface area (Å²) in [5, 5.41) is 6.35. The van der Waals surface area contributed by atoms with Crippen molar-refractivity contribution in [3.05, 3.63) is 176 Å². The molecule has 0 spiro atoms. The van der Waals surface area contributed by atoms with Gasteiger partial charge in [0.25, 0.3) is 0 Å². The second-order valence-electron chi connectivity index (χ2n) is 13.4. The Balaban J connectivity index is 1.00. The van der Waals surface area contributed by atoms with Gasteiger partial charge < -0.3 is 0 Å². The highest BCUT2D eigenvalue weighted by molar-refractivity contribution is 7.26. The Morgan fingerprint density at radius 3 is 1.26 bits per heavy atom. The Morgan fingerprint density at radius 1 is 0.283 bits per heavy atom. The van der Waals surface area contributed by atoms with Crippen LogP contribution < -0.4 is 0 Å². The fraction of sp³-hybridized carbons (Fsp3) is 0. The van der Waals surface area contributed by atoms with Gasteiger partial charge in [-0.15, -0.1) is 34.0 Å². The molecule has 11 rings (SSSR count). The predicted molar refractivity (Wildman–Crippen MR) is 233 cm³/mol. The smallest absolute Gasteiger partial charge is 0.124 e. The Hall–Kier alpha value is -5.91. The van der Waals surface area contributed by atoms with E-state index in [0.29, 0.717) is 0 Å². The van der Waals surface area contributed by atoms with Crippen LogP contribution in [0, 0.1) is 0 Å². The largest absolute Gasteiger partial charge is 0.235 e. The number of benzene rings is 8. The summed E-state index contributed by atoms with van der Waals surface area (Å²) in [7, 11) is 0. The molecule has 0 aliphatic rings. The first-order valence-electron chi connectivity index (χ1n) is 17.8. The highest BCUT2D eigenvalue weighted by Gasteiger charge is 2.18. The quantitative estimate of drug-likeness (QED) is 0.172. The summed E-state index contributed by atoms with van der Waals surface area (Å²) in [6, 6.07) is 64.1. The average molecular weight is 728 g/mol. The normalized spacial score (nSPS) is 11.8. The summed E-state index contributed by atoms with van der Waals surface area (Å²) >= 11 is 5.54. The minimum Gasteiger partial charge on any atom is -0.235 e. The summed E-state index contributed by atoms with van der Waals surface area (Å²) in [6.45, 7) is 0. The molecule has 53 heavy (non-hydrogen) atoms. The van der Waals surface area contributed by atoms with Gasteiger partial charge in [0.05, 0.1) is 10.2 Å². The van der Waals surface area contributed by atoms with Crippen LogP contribution in [0.3, 0.4) is 0 Å². The number of hydrogen-bond acceptors (Lipinski definition) is 4. The van der Waals surface area contributed by atoms with E-state index in [9.17, 15) is 0 Å². The monoisotopic (exact) mass is 727 g/mol. The van der Waals surface area contributed by atoms with E-state index in [1.165, 1.54) is 84.0 Å². The van der Waals surface area contributed by atoms with Crippen molar-refractivity contribution in [3.8, 4) is 55.1 Å². The lowest BCUT2D eigenvalue weighted by atomic mass is 9.95. The van der Waals surface area contributed by atoms with Gasteiger partial charge in [0.2, 0.25) is 0 Å². The van der Waals surface area contributed by atoms with Crippen LogP contribution in [-0.2, 0) is 0 Å². The highest BCUT2D eigenvalue weighted by atomic mass is 32.1. The topological polar surface area (TPSA) is 12.9 Å². The van der Waals surface area contributed by atoms with Crippen molar-refractivity contribution in [3.63, 3.8) is 0 Å². The minimum atomic E-state index is 1.04. The minimum absolute atomic E-state index is 1.04. The molecule has 0 aliphatic heterocycles. The molecule has 0 atom stereocenters. The molecule has 0 saturated carbocycles. The van der Waals surface area contributed by atoms with E-state index in [1.807, 2.05) is 22.7 Å². The average Bonchev–Trinajstić information content (AvgIpc) is 3.95. The van der Waals surface area contributed by atoms with E-state index in [1.54, 1.807) is 11.3 Å². The molecular formula is C49H29NS3. The maximum absolute atomic E-state index is 5.33. The van der Waals surface area contributed by atoms with Gasteiger partial charge in [-0.05, 0) is 45.5 Å². The molecular weight excluding hydrogens is 699 g/mol. The lowest BCUT2D eigenvalue weighted by Gasteiger charge is -2.10. The number of aromatic nitrogens is 1. The van der Waals surface area contributed by atoms with Crippen molar-refractivity contribution >= 4 is 84.6 Å². The van der Waals surface area contributed by atoms with Gasteiger partial charge in [0.1, 0.15) is 5.01 Å². The number of thiophene rings is 2. The van der Waals surface area contributed by atoms with Crippen LogP contribution in [-0.4, -0.2) is 4.98 Å². The third-order valence-corrected chi connectivity index (χ3v) is 14.0. The number of fused-ring (bicyclic) bond motifs is 7. The van der Waals surface area contributed by atoms with Gasteiger partial charge in [-0.3, -0.25) is 0 Å². The van der Waals surface area contributed by atoms with Crippen molar-refractivity contribution < 1.29 is 0 Å². The van der Waals surface area contributed by atoms with Crippen LogP contribution in [0.1, 0.15) is 0 Å². The van der Waals surface area contributed by atoms with Crippen molar-refractivity contribution in [1.82, 2.24) is 4.98 Å². The van der Waals surface area contributed by atoms with Gasteiger partial charge in [0.15, 0.2) is 0 Å². The summed E-state index contributed by atoms with van der Waals surface area (Å²) in [6.07, 6.45) is 0. The highest BCUT2D eigenvalue weighted by Crippen LogP contribution is 2.45. The van der Waals surface area contributed by atoms with Gasteiger partial charge in [-0.25, -0.2) is 4.98 Å². The third-order valence-electron chi connectivity index (χ3n) is 10.4. The molecule has 3 heterocycles. The molecule has 0 aliphatic carbocycles. The zero-order valence-electron chi connectivity index (χ0n) is 28.4. The van der Waals surface area contributed by atoms with E-state index in [2.05, 4.69) is 176 Å². The first kappa shape index (κ1) is 30.7. The number of hydrogen-bond donors (Lipinski definition) is 0. The fourth-order valence-corrected chi connectivity index (χ4v) is 11.4. The second-order valence-corrected chi connectivity index (χ2v) is 16.5. The molecule has 3 aromatic heterocycles. The summed E-state index contributed by atoms with van der Waals surface area (Å²) < 4.78 is 6.55. The Morgan fingerprint density at radius 2 is 0.717 bits per heavy atom. The van der Waals surface area contributed by atoms with E-state index < -0.39 is 0 Å². The van der Waals surface area contributed by atoms with Crippen molar-refractivity contribution in [2.24, 2.45) is 0 Å². The fourth-order valence-electron chi connectivity index (χ4n) is 7.78. The maximum Gasteiger partial charge on any atom is 0.124 e. The zero-order chi connectivity index (χ0) is 34.9. The summed E-state index contributed by atoms with van der Waals surface area (Å²) in [5.41, 5.74) is 12.0. The third kappa shape index (κ3) is 5.06. The molecule has 1 nitrogen and oxygen atoms in total. The molecule has 0 fully saturated rings. The van der Waals surface area contributed by atoms with Crippen LogP contribution >= 0.6 is 34.0 Å². The molecule has 0 saturated heterocycles. The molecule has 0 radical (unpaired) electrons. The molecule has 0 unspecified atom stereocenters. The van der Waals surface area contributed by atoms with Crippen LogP contribution in [0.15, 0.2) is 176 Å². The lowest BCUT2D eigenvalue weighted by molar-refractivity contribution is 1.47. The first-order valence-corrected chi connectivity index (χ1v) is 20.2. The Kier molecular flexibility index (Phi) is 7.15. The zero-order valence-corrected chi connectivity index (χ0v) is 30.9. The number of rotatable bonds is 5. The van der Waals surface area contributed by atoms with E-state index >= 15 is 0 Å². The van der Waals surface area contributed by atoms with E-state index in [-0.39, 0.29) is 0 Å². The van der Waals surface area contributed by atoms with Crippen LogP contribution in [0.4, 0.5) is 0 Å². The SMILES string of the molecule is c1ccc(-c2nc3c(-c4ccc(-c5cccc6c5sc5ccccc56)cc4)ccc(-c4ccc(-c5cccc6c5sc5ccccc56)cc4)c3s2)cc1. The summed E-state index contributed by atoms with van der Waals surface area (Å²) in [4.78, 5) is 5.33. The molecule has 11 aromatic rings. The number of thiazole rings is 1. The van der Waals surface area contributed by atoms with Crippen molar-refractivity contribution in [2.75, 3.05) is 0 Å². The number of nitrogens with zero attached hydrogens (tertiary/aromatic N) is 1. The molecule has 0 amide bonds. The van der Waals surface area contributed by atoms with Gasteiger partial charge in [0, 0.05) is 57.0 Å². The van der Waals surface area contributed by atoms with Crippen molar-refractivity contribution in [2.45, 2.75) is 0 Å². The molecule has 0 N–H and O–H groups in total. The van der Waals surface area contributed by atoms with Gasteiger partial charge in [-0.1, -0.05) is 164 Å². The van der Waals surface area contributed by atoms with Crippen LogP contribution in [0.2, 0.25) is 0 Å². The van der Waals surface area contributed by atoms with E-state index in [4.69, 9.17) is 4.98 Å². The Bertz CT molecular complexity index is 2950. The second kappa shape index (κ2) is 12.4. The molecule has 248 valence electrons. The van der Waals surface area contributed by atoms with Gasteiger partial charge >= 0.3 is 0 Å². The lowest BCUT2D eigenvalue weighted by Crippen LogP contribution is -1.86. The first-order chi connectivity index (χ1) is 26.3. The predicted octanol–water partition coefficient (Wildman–Crippen LogP) is 15.4. The summed E-state index contributed by atoms with van der Waals surface area (Å²) in [5.74, 6) is 0. The molecule has 4 heteroatoms. The van der Waals surface area contributed by atoms with Crippen molar-refractivity contribution in [1.29, 1.82) is 0 Å². The van der Waals surface area contributed by atoms with Crippen LogP contribution in [0.5, 0.6) is 0 Å². The van der Waals surface area contributed by atoms with Crippen LogP contribution in [0.25, 0.3) is 106 Å².